The molecule has 0 radical (unpaired) electrons. The molecule has 2 nitrogen and oxygen atoms in total. The Morgan fingerprint density at radius 2 is 1.50 bits per heavy atom. The lowest BCUT2D eigenvalue weighted by atomic mass is 9.79. The average Bonchev–Trinajstić information content (AvgIpc) is 2.35. The molecule has 1 aliphatic rings. The SMILES string of the molecule is CC(=O)/C=C(\N=C(C)C1CCC(C(F)(F)F)CC1)C(F)(F)F. The summed E-state index contributed by atoms with van der Waals surface area (Å²) in [5.74, 6) is -2.60. The van der Waals surface area contributed by atoms with Gasteiger partial charge in [-0.15, -0.1) is 0 Å². The number of rotatable bonds is 3. The van der Waals surface area contributed by atoms with Gasteiger partial charge in [-0.2, -0.15) is 26.3 Å². The Labute approximate surface area is 124 Å². The van der Waals surface area contributed by atoms with E-state index in [1.165, 1.54) is 6.92 Å². The molecular weight excluding hydrogens is 312 g/mol. The van der Waals surface area contributed by atoms with Crippen LogP contribution < -0.4 is 0 Å². The Morgan fingerprint density at radius 1 is 1.00 bits per heavy atom. The minimum atomic E-state index is -4.77. The molecule has 0 aromatic carbocycles. The van der Waals surface area contributed by atoms with Crippen LogP contribution >= 0.6 is 0 Å². The molecule has 22 heavy (non-hydrogen) atoms. The number of halogens is 6. The van der Waals surface area contributed by atoms with Crippen LogP contribution in [-0.2, 0) is 4.79 Å². The second-order valence-electron chi connectivity index (χ2n) is 5.48. The zero-order valence-electron chi connectivity index (χ0n) is 12.2. The number of aliphatic imine (C=N–C) groups is 1. The first-order valence-electron chi connectivity index (χ1n) is 6.82. The quantitative estimate of drug-likeness (QED) is 0.413. The van der Waals surface area contributed by atoms with Crippen molar-refractivity contribution in [1.29, 1.82) is 0 Å². The average molecular weight is 329 g/mol. The number of nitrogens with zero attached hydrogens (tertiary/aromatic N) is 1. The second-order valence-corrected chi connectivity index (χ2v) is 5.48. The van der Waals surface area contributed by atoms with Crippen molar-refractivity contribution in [1.82, 2.24) is 0 Å². The number of alkyl halides is 6. The Balaban J connectivity index is 2.83. The molecule has 0 heterocycles. The Hall–Kier alpha value is -1.34. The molecule has 0 bridgehead atoms. The second kappa shape index (κ2) is 6.83. The van der Waals surface area contributed by atoms with E-state index >= 15 is 0 Å². The van der Waals surface area contributed by atoms with Gasteiger partial charge < -0.3 is 0 Å². The fourth-order valence-electron chi connectivity index (χ4n) is 2.49. The van der Waals surface area contributed by atoms with E-state index in [0.717, 1.165) is 6.92 Å². The summed E-state index contributed by atoms with van der Waals surface area (Å²) < 4.78 is 75.9. The van der Waals surface area contributed by atoms with Gasteiger partial charge in [0.25, 0.3) is 0 Å². The lowest BCUT2D eigenvalue weighted by molar-refractivity contribution is -0.182. The summed E-state index contributed by atoms with van der Waals surface area (Å²) in [4.78, 5) is 14.3. The predicted molar refractivity (Wildman–Crippen MR) is 69.4 cm³/mol. The van der Waals surface area contributed by atoms with E-state index in [2.05, 4.69) is 4.99 Å². The van der Waals surface area contributed by atoms with Gasteiger partial charge in [0.1, 0.15) is 5.70 Å². The first kappa shape index (κ1) is 18.7. The fourth-order valence-corrected chi connectivity index (χ4v) is 2.49. The number of carbonyl (C=O) groups excluding carboxylic acids is 1. The van der Waals surface area contributed by atoms with Crippen molar-refractivity contribution in [2.75, 3.05) is 0 Å². The molecule has 1 fully saturated rings. The van der Waals surface area contributed by atoms with Crippen molar-refractivity contribution < 1.29 is 31.1 Å². The number of hydrogen-bond donors (Lipinski definition) is 0. The van der Waals surface area contributed by atoms with Crippen LogP contribution in [0.5, 0.6) is 0 Å². The number of allylic oxidation sites excluding steroid dienone is 2. The van der Waals surface area contributed by atoms with Crippen LogP contribution in [0.25, 0.3) is 0 Å². The van der Waals surface area contributed by atoms with Crippen molar-refractivity contribution in [3.63, 3.8) is 0 Å². The summed E-state index contributed by atoms with van der Waals surface area (Å²) in [6.07, 6.45) is -8.57. The summed E-state index contributed by atoms with van der Waals surface area (Å²) in [6.45, 7) is 2.34. The van der Waals surface area contributed by atoms with Crippen molar-refractivity contribution in [3.8, 4) is 0 Å². The van der Waals surface area contributed by atoms with Gasteiger partial charge in [0.2, 0.25) is 0 Å². The van der Waals surface area contributed by atoms with Crippen LogP contribution in [0.3, 0.4) is 0 Å². The van der Waals surface area contributed by atoms with Gasteiger partial charge in [0.15, 0.2) is 5.78 Å². The number of hydrogen-bond acceptors (Lipinski definition) is 2. The molecule has 1 saturated carbocycles. The summed E-state index contributed by atoms with van der Waals surface area (Å²) in [7, 11) is 0. The van der Waals surface area contributed by atoms with Gasteiger partial charge in [-0.05, 0) is 45.4 Å². The maximum atomic E-state index is 12.7. The largest absolute Gasteiger partial charge is 0.433 e. The molecule has 0 N–H and O–H groups in total. The van der Waals surface area contributed by atoms with Gasteiger partial charge >= 0.3 is 12.4 Å². The molecule has 0 aromatic rings. The van der Waals surface area contributed by atoms with Crippen molar-refractivity contribution in [3.05, 3.63) is 11.8 Å². The van der Waals surface area contributed by atoms with Gasteiger partial charge in [-0.25, -0.2) is 0 Å². The van der Waals surface area contributed by atoms with E-state index in [1.807, 2.05) is 0 Å². The minimum absolute atomic E-state index is 0.112. The third-order valence-corrected chi connectivity index (χ3v) is 3.71. The molecule has 8 heteroatoms. The summed E-state index contributed by atoms with van der Waals surface area (Å²) in [5.41, 5.74) is -1.19. The summed E-state index contributed by atoms with van der Waals surface area (Å²) in [6, 6.07) is 0. The highest BCUT2D eigenvalue weighted by molar-refractivity contribution is 5.90. The first-order valence-corrected chi connectivity index (χ1v) is 6.82. The standard InChI is InChI=1S/C14H17F6NO/c1-8(22)7-12(14(18,19)20)21-9(2)10-3-5-11(6-4-10)13(15,16)17/h7,10-11H,3-6H2,1-2H3/b12-7-,21-9?. The molecule has 1 rings (SSSR count). The maximum Gasteiger partial charge on any atom is 0.433 e. The number of ketones is 1. The van der Waals surface area contributed by atoms with Crippen molar-refractivity contribution >= 4 is 11.5 Å². The minimum Gasteiger partial charge on any atom is -0.295 e. The molecule has 0 atom stereocenters. The molecule has 0 unspecified atom stereocenters. The van der Waals surface area contributed by atoms with Crippen LogP contribution in [-0.4, -0.2) is 23.8 Å². The molecular formula is C14H17F6NO. The summed E-state index contributed by atoms with van der Waals surface area (Å²) >= 11 is 0. The van der Waals surface area contributed by atoms with E-state index in [9.17, 15) is 31.1 Å². The monoisotopic (exact) mass is 329 g/mol. The third-order valence-electron chi connectivity index (χ3n) is 3.71. The van der Waals surface area contributed by atoms with Gasteiger partial charge in [0.05, 0.1) is 5.92 Å². The van der Waals surface area contributed by atoms with Gasteiger partial charge in [0, 0.05) is 11.8 Å². The normalized spacial score (nSPS) is 25.3. The lowest BCUT2D eigenvalue weighted by Gasteiger charge is -2.29. The Kier molecular flexibility index (Phi) is 5.81. The molecule has 0 aliphatic heterocycles. The van der Waals surface area contributed by atoms with E-state index in [0.29, 0.717) is 6.08 Å². The summed E-state index contributed by atoms with van der Waals surface area (Å²) in [5, 5.41) is 0. The Morgan fingerprint density at radius 3 is 1.86 bits per heavy atom. The van der Waals surface area contributed by atoms with Crippen LogP contribution in [0, 0.1) is 11.8 Å². The molecule has 0 amide bonds. The van der Waals surface area contributed by atoms with Crippen LogP contribution in [0.2, 0.25) is 0 Å². The Bertz CT molecular complexity index is 467. The van der Waals surface area contributed by atoms with Gasteiger partial charge in [-0.3, -0.25) is 9.79 Å². The van der Waals surface area contributed by atoms with E-state index < -0.39 is 35.7 Å². The highest BCUT2D eigenvalue weighted by Crippen LogP contribution is 2.40. The number of carbonyl (C=O) groups is 1. The van der Waals surface area contributed by atoms with Crippen LogP contribution in [0.1, 0.15) is 39.5 Å². The van der Waals surface area contributed by atoms with Gasteiger partial charge in [-0.1, -0.05) is 0 Å². The smallest absolute Gasteiger partial charge is 0.295 e. The zero-order chi connectivity index (χ0) is 17.1. The van der Waals surface area contributed by atoms with Crippen LogP contribution in [0.4, 0.5) is 26.3 Å². The third kappa shape index (κ3) is 5.46. The molecule has 0 spiro atoms. The fraction of sp³-hybridized carbons (Fsp3) is 0.714. The molecule has 1 aliphatic carbocycles. The molecule has 0 aromatic heterocycles. The van der Waals surface area contributed by atoms with E-state index in [4.69, 9.17) is 0 Å². The first-order chi connectivity index (χ1) is 9.91. The maximum absolute atomic E-state index is 12.7. The lowest BCUT2D eigenvalue weighted by Crippen LogP contribution is -2.30. The highest BCUT2D eigenvalue weighted by Gasteiger charge is 2.42. The van der Waals surface area contributed by atoms with Crippen molar-refractivity contribution in [2.45, 2.75) is 51.9 Å². The zero-order valence-corrected chi connectivity index (χ0v) is 12.2. The molecule has 0 saturated heterocycles. The van der Waals surface area contributed by atoms with E-state index in [1.54, 1.807) is 0 Å². The topological polar surface area (TPSA) is 29.4 Å². The van der Waals surface area contributed by atoms with E-state index in [-0.39, 0.29) is 31.4 Å². The molecule has 126 valence electrons. The van der Waals surface area contributed by atoms with Crippen LogP contribution in [0.15, 0.2) is 16.8 Å². The predicted octanol–water partition coefficient (Wildman–Crippen LogP) is 4.85. The van der Waals surface area contributed by atoms with Crippen molar-refractivity contribution in [2.24, 2.45) is 16.8 Å². The highest BCUT2D eigenvalue weighted by atomic mass is 19.4.